The van der Waals surface area contributed by atoms with Gasteiger partial charge in [0.25, 0.3) is 0 Å². The van der Waals surface area contributed by atoms with E-state index in [9.17, 15) is 14.4 Å². The van der Waals surface area contributed by atoms with Crippen LogP contribution in [0, 0.1) is 0 Å². The molecule has 5 rings (SSSR count). The molecule has 1 saturated heterocycles. The van der Waals surface area contributed by atoms with Gasteiger partial charge in [0, 0.05) is 49.6 Å². The molecule has 0 spiro atoms. The summed E-state index contributed by atoms with van der Waals surface area (Å²) in [4.78, 5) is 42.9. The molecule has 37 heavy (non-hydrogen) atoms. The van der Waals surface area contributed by atoms with Gasteiger partial charge in [0.05, 0.1) is 30.7 Å². The van der Waals surface area contributed by atoms with Crippen LogP contribution in [0.3, 0.4) is 0 Å². The molecule has 0 N–H and O–H groups in total. The maximum atomic E-state index is 12.7. The Morgan fingerprint density at radius 1 is 1.11 bits per heavy atom. The number of aromatic nitrogens is 1. The number of rotatable bonds is 8. The van der Waals surface area contributed by atoms with Gasteiger partial charge < -0.3 is 9.64 Å². The highest BCUT2D eigenvalue weighted by Gasteiger charge is 2.33. The lowest BCUT2D eigenvalue weighted by molar-refractivity contribution is -0.144. The van der Waals surface area contributed by atoms with E-state index in [0.717, 1.165) is 60.7 Å². The molecule has 8 nitrogen and oxygen atoms in total. The average Bonchev–Trinajstić information content (AvgIpc) is 3.46. The number of carbonyl (C=O) groups is 3. The van der Waals surface area contributed by atoms with Gasteiger partial charge in [-0.2, -0.15) is 4.37 Å². The molecule has 2 aromatic carbocycles. The number of piperazine rings is 1. The Balaban J connectivity index is 1.18. The monoisotopic (exact) mass is 540 g/mol. The molecule has 0 unspecified atom stereocenters. The Hall–Kier alpha value is -3.01. The fourth-order valence-corrected chi connectivity index (χ4v) is 6.13. The van der Waals surface area contributed by atoms with Crippen molar-refractivity contribution in [1.82, 2.24) is 9.27 Å². The summed E-state index contributed by atoms with van der Waals surface area (Å²) >= 11 is 8.17. The number of benzene rings is 2. The van der Waals surface area contributed by atoms with Gasteiger partial charge in [-0.15, -0.1) is 0 Å². The van der Waals surface area contributed by atoms with E-state index < -0.39 is 11.9 Å². The van der Waals surface area contributed by atoms with Crippen molar-refractivity contribution in [3.05, 3.63) is 52.5 Å². The number of carbonyl (C=O) groups excluding carboxylic acids is 3. The van der Waals surface area contributed by atoms with Crippen LogP contribution in [0.25, 0.3) is 10.9 Å². The Morgan fingerprint density at radius 3 is 2.68 bits per heavy atom. The fourth-order valence-electron chi connectivity index (χ4n) is 4.96. The number of fused-ring (bicyclic) bond motifs is 2. The van der Waals surface area contributed by atoms with Gasteiger partial charge in [0.2, 0.25) is 11.8 Å². The molecule has 194 valence electrons. The number of esters is 1. The summed E-state index contributed by atoms with van der Waals surface area (Å²) in [5.74, 6) is -1.15. The predicted molar refractivity (Wildman–Crippen MR) is 145 cm³/mol. The molecule has 1 fully saturated rings. The molecule has 10 heteroatoms. The van der Waals surface area contributed by atoms with Gasteiger partial charge in [-0.3, -0.25) is 19.3 Å². The van der Waals surface area contributed by atoms with E-state index in [4.69, 9.17) is 16.3 Å². The molecule has 0 radical (unpaired) electrons. The fraction of sp³-hybridized carbons (Fsp3) is 0.407. The van der Waals surface area contributed by atoms with Gasteiger partial charge in [-0.1, -0.05) is 29.8 Å². The first kappa shape index (κ1) is 25.6. The second-order valence-corrected chi connectivity index (χ2v) is 10.4. The molecular weight excluding hydrogens is 512 g/mol. The van der Waals surface area contributed by atoms with Crippen LogP contribution in [0.15, 0.2) is 36.4 Å². The molecule has 0 saturated carbocycles. The number of amides is 2. The summed E-state index contributed by atoms with van der Waals surface area (Å²) in [7, 11) is 0. The third-order valence-electron chi connectivity index (χ3n) is 6.90. The van der Waals surface area contributed by atoms with Crippen molar-refractivity contribution in [2.24, 2.45) is 0 Å². The Kier molecular flexibility index (Phi) is 7.73. The predicted octanol–water partition coefficient (Wildman–Crippen LogP) is 4.07. The highest BCUT2D eigenvalue weighted by atomic mass is 35.5. The van der Waals surface area contributed by atoms with Crippen LogP contribution in [0.4, 0.5) is 10.7 Å². The SMILES string of the molecule is CCOC(=O)CCC(=O)N1C(=O)Cc2cc(CCN3CCN(c4snc5ccccc45)CC3)c(Cl)cc21. The maximum absolute atomic E-state index is 12.7. The Morgan fingerprint density at radius 2 is 1.89 bits per heavy atom. The van der Waals surface area contributed by atoms with E-state index in [1.165, 1.54) is 10.4 Å². The van der Waals surface area contributed by atoms with Crippen molar-refractivity contribution >= 4 is 62.5 Å². The van der Waals surface area contributed by atoms with Crippen LogP contribution >= 0.6 is 23.1 Å². The molecule has 0 bridgehead atoms. The van der Waals surface area contributed by atoms with Gasteiger partial charge in [0.1, 0.15) is 5.00 Å². The zero-order valence-corrected chi connectivity index (χ0v) is 22.3. The average molecular weight is 541 g/mol. The van der Waals surface area contributed by atoms with E-state index in [2.05, 4.69) is 32.4 Å². The minimum absolute atomic E-state index is 0.0515. The minimum Gasteiger partial charge on any atom is -0.466 e. The second-order valence-electron chi connectivity index (χ2n) is 9.26. The van der Waals surface area contributed by atoms with Gasteiger partial charge in [-0.05, 0) is 54.2 Å². The van der Waals surface area contributed by atoms with Gasteiger partial charge in [0.15, 0.2) is 0 Å². The van der Waals surface area contributed by atoms with Crippen LogP contribution in [0.1, 0.15) is 30.9 Å². The summed E-state index contributed by atoms with van der Waals surface area (Å²) in [6.07, 6.45) is 0.795. The third-order valence-corrected chi connectivity index (χ3v) is 8.19. The first-order chi connectivity index (χ1) is 17.9. The lowest BCUT2D eigenvalue weighted by Gasteiger charge is -2.35. The van der Waals surface area contributed by atoms with Crippen molar-refractivity contribution in [2.75, 3.05) is 49.1 Å². The maximum Gasteiger partial charge on any atom is 0.306 e. The topological polar surface area (TPSA) is 83.0 Å². The van der Waals surface area contributed by atoms with Crippen LogP contribution in [-0.4, -0.2) is 66.4 Å². The summed E-state index contributed by atoms with van der Waals surface area (Å²) in [6, 6.07) is 11.9. The number of imide groups is 1. The van der Waals surface area contributed by atoms with Crippen molar-refractivity contribution in [3.63, 3.8) is 0 Å². The largest absolute Gasteiger partial charge is 0.466 e. The van der Waals surface area contributed by atoms with Crippen LogP contribution in [0.2, 0.25) is 5.02 Å². The molecule has 2 amide bonds. The number of hydrogen-bond donors (Lipinski definition) is 0. The smallest absolute Gasteiger partial charge is 0.306 e. The number of nitrogens with zero attached hydrogens (tertiary/aromatic N) is 4. The molecule has 2 aliphatic heterocycles. The van der Waals surface area contributed by atoms with E-state index in [0.29, 0.717) is 10.7 Å². The summed E-state index contributed by atoms with van der Waals surface area (Å²) in [6.45, 7) is 6.64. The van der Waals surface area contributed by atoms with E-state index >= 15 is 0 Å². The van der Waals surface area contributed by atoms with Gasteiger partial charge in [-0.25, -0.2) is 4.90 Å². The lowest BCUT2D eigenvalue weighted by Crippen LogP contribution is -2.46. The molecule has 0 aliphatic carbocycles. The van der Waals surface area contributed by atoms with E-state index in [1.807, 2.05) is 12.1 Å². The van der Waals surface area contributed by atoms with Gasteiger partial charge >= 0.3 is 5.97 Å². The zero-order valence-electron chi connectivity index (χ0n) is 20.7. The van der Waals surface area contributed by atoms with E-state index in [1.54, 1.807) is 24.5 Å². The van der Waals surface area contributed by atoms with Crippen molar-refractivity contribution in [2.45, 2.75) is 32.6 Å². The van der Waals surface area contributed by atoms with Crippen LogP contribution in [-0.2, 0) is 32.0 Å². The molecular formula is C27H29ClN4O4S. The lowest BCUT2D eigenvalue weighted by atomic mass is 10.0. The quantitative estimate of drug-likeness (QED) is 0.398. The zero-order chi connectivity index (χ0) is 25.9. The highest BCUT2D eigenvalue weighted by molar-refractivity contribution is 7.11. The van der Waals surface area contributed by atoms with Crippen molar-refractivity contribution in [3.8, 4) is 0 Å². The summed E-state index contributed by atoms with van der Waals surface area (Å²) < 4.78 is 9.46. The molecule has 2 aliphatic rings. The summed E-state index contributed by atoms with van der Waals surface area (Å²) in [5, 5.41) is 3.00. The third kappa shape index (κ3) is 5.49. The molecule has 1 aromatic heterocycles. The minimum atomic E-state index is -0.447. The van der Waals surface area contributed by atoms with Crippen molar-refractivity contribution < 1.29 is 19.1 Å². The normalized spacial score (nSPS) is 15.9. The molecule has 0 atom stereocenters. The van der Waals surface area contributed by atoms with Crippen molar-refractivity contribution in [1.29, 1.82) is 0 Å². The number of hydrogen-bond acceptors (Lipinski definition) is 8. The van der Waals surface area contributed by atoms with Crippen LogP contribution in [0.5, 0.6) is 0 Å². The highest BCUT2D eigenvalue weighted by Crippen LogP contribution is 2.35. The standard InChI is InChI=1S/C27H29ClN4O4S/c1-2-36-26(35)8-7-24(33)32-23-17-21(28)18(15-19(23)16-25(32)34)9-10-30-11-13-31(14-12-30)27-20-5-3-4-6-22(20)29-37-27/h3-6,15,17H,2,7-14,16H2,1H3. The van der Waals surface area contributed by atoms with Crippen LogP contribution < -0.4 is 9.80 Å². The number of ether oxygens (including phenoxy) is 1. The second kappa shape index (κ2) is 11.2. The number of anilines is 2. The Bertz CT molecular complexity index is 1340. The first-order valence-electron chi connectivity index (χ1n) is 12.6. The summed E-state index contributed by atoms with van der Waals surface area (Å²) in [5.41, 5.74) is 3.35. The first-order valence-corrected chi connectivity index (χ1v) is 13.7. The number of halogens is 1. The Labute approximate surface area is 224 Å². The molecule has 3 heterocycles. The molecule has 3 aromatic rings. The van der Waals surface area contributed by atoms with E-state index in [-0.39, 0.29) is 31.8 Å².